The van der Waals surface area contributed by atoms with Gasteiger partial charge in [0.1, 0.15) is 0 Å². The molecule has 5 nitrogen and oxygen atoms in total. The van der Waals surface area contributed by atoms with Gasteiger partial charge in [-0.3, -0.25) is 0 Å². The van der Waals surface area contributed by atoms with Crippen LogP contribution in [0.2, 0.25) is 0 Å². The molecule has 0 atom stereocenters. The van der Waals surface area contributed by atoms with Crippen LogP contribution < -0.4 is 5.32 Å². The average molecular weight is 249 g/mol. The number of carbonyl (C=O) groups is 1. The number of rotatable bonds is 2. The zero-order valence-electron chi connectivity index (χ0n) is 10.5. The van der Waals surface area contributed by atoms with Crippen LogP contribution in [0.1, 0.15) is 60.6 Å². The molecule has 0 amide bonds. The number of anilines is 1. The van der Waals surface area contributed by atoms with Crippen LogP contribution in [0.4, 0.5) is 5.95 Å². The van der Waals surface area contributed by atoms with E-state index in [1.54, 1.807) is 0 Å². The summed E-state index contributed by atoms with van der Waals surface area (Å²) >= 11 is 0. The van der Waals surface area contributed by atoms with Crippen molar-refractivity contribution in [2.45, 2.75) is 51.0 Å². The van der Waals surface area contributed by atoms with Crippen molar-refractivity contribution >= 4 is 11.9 Å². The van der Waals surface area contributed by atoms with Crippen molar-refractivity contribution in [2.75, 3.05) is 11.9 Å². The van der Waals surface area contributed by atoms with E-state index in [-0.39, 0.29) is 0 Å². The highest BCUT2D eigenvalue weighted by molar-refractivity contribution is 5.88. The van der Waals surface area contributed by atoms with Gasteiger partial charge in [-0.25, -0.2) is 9.78 Å². The molecule has 98 valence electrons. The van der Waals surface area contributed by atoms with Gasteiger partial charge in [0.2, 0.25) is 5.95 Å². The highest BCUT2D eigenvalue weighted by atomic mass is 16.4. The molecule has 0 aromatic carbocycles. The summed E-state index contributed by atoms with van der Waals surface area (Å²) < 4.78 is 1.84. The fraction of sp³-hybridized carbons (Fsp3) is 0.692. The van der Waals surface area contributed by atoms with Crippen LogP contribution >= 0.6 is 0 Å². The fourth-order valence-corrected chi connectivity index (χ4v) is 3.15. The van der Waals surface area contributed by atoms with Crippen molar-refractivity contribution in [3.63, 3.8) is 0 Å². The summed E-state index contributed by atoms with van der Waals surface area (Å²) in [5, 5.41) is 12.7. The number of aromatic nitrogens is 2. The van der Waals surface area contributed by atoms with Crippen LogP contribution in [0.15, 0.2) is 0 Å². The maximum absolute atomic E-state index is 11.5. The maximum atomic E-state index is 11.5. The summed E-state index contributed by atoms with van der Waals surface area (Å²) in [6.07, 6.45) is 6.78. The van der Waals surface area contributed by atoms with Gasteiger partial charge >= 0.3 is 5.97 Å². The van der Waals surface area contributed by atoms with E-state index in [0.29, 0.717) is 11.6 Å². The van der Waals surface area contributed by atoms with Crippen LogP contribution in [-0.2, 0) is 6.54 Å². The van der Waals surface area contributed by atoms with Gasteiger partial charge in [0.25, 0.3) is 0 Å². The number of hydrogen-bond acceptors (Lipinski definition) is 3. The maximum Gasteiger partial charge on any atom is 0.354 e. The number of imidazole rings is 1. The molecule has 5 heteroatoms. The van der Waals surface area contributed by atoms with Crippen molar-refractivity contribution in [3.8, 4) is 0 Å². The minimum atomic E-state index is -0.835. The minimum absolute atomic E-state index is 0.338. The second-order valence-electron chi connectivity index (χ2n) is 5.24. The number of fused-ring (bicyclic) bond motifs is 1. The van der Waals surface area contributed by atoms with E-state index in [2.05, 4.69) is 10.3 Å². The van der Waals surface area contributed by atoms with Crippen molar-refractivity contribution in [2.24, 2.45) is 0 Å². The molecule has 3 rings (SSSR count). The second kappa shape index (κ2) is 4.63. The summed E-state index contributed by atoms with van der Waals surface area (Å²) in [7, 11) is 0. The first kappa shape index (κ1) is 11.6. The number of carboxylic acids is 1. The van der Waals surface area contributed by atoms with Crippen molar-refractivity contribution in [1.29, 1.82) is 0 Å². The first-order valence-corrected chi connectivity index (χ1v) is 6.85. The van der Waals surface area contributed by atoms with E-state index in [1.807, 2.05) is 4.57 Å². The molecule has 0 saturated heterocycles. The molecule has 1 aliphatic carbocycles. The largest absolute Gasteiger partial charge is 0.477 e. The van der Waals surface area contributed by atoms with Crippen LogP contribution in [-0.4, -0.2) is 27.2 Å². The molecule has 0 spiro atoms. The van der Waals surface area contributed by atoms with Gasteiger partial charge in [-0.15, -0.1) is 0 Å². The molecule has 1 aliphatic heterocycles. The molecular weight excluding hydrogens is 230 g/mol. The Labute approximate surface area is 106 Å². The zero-order valence-corrected chi connectivity index (χ0v) is 10.5. The lowest BCUT2D eigenvalue weighted by Gasteiger charge is -2.20. The Balaban J connectivity index is 2.01. The van der Waals surface area contributed by atoms with E-state index in [1.165, 1.54) is 19.3 Å². The van der Waals surface area contributed by atoms with Crippen LogP contribution in [0.5, 0.6) is 0 Å². The Morgan fingerprint density at radius 2 is 2.06 bits per heavy atom. The molecule has 2 heterocycles. The second-order valence-corrected chi connectivity index (χ2v) is 5.24. The number of carboxylic acid groups (broad SMARTS) is 1. The lowest BCUT2D eigenvalue weighted by Crippen LogP contribution is -2.20. The van der Waals surface area contributed by atoms with Crippen molar-refractivity contribution in [1.82, 2.24) is 9.55 Å². The monoisotopic (exact) mass is 249 g/mol. The Morgan fingerprint density at radius 1 is 1.28 bits per heavy atom. The third-order valence-electron chi connectivity index (χ3n) is 4.03. The van der Waals surface area contributed by atoms with E-state index < -0.39 is 5.97 Å². The van der Waals surface area contributed by atoms with Crippen molar-refractivity contribution < 1.29 is 9.90 Å². The van der Waals surface area contributed by atoms with Gasteiger partial charge in [0.15, 0.2) is 5.69 Å². The van der Waals surface area contributed by atoms with Gasteiger partial charge in [0.05, 0.1) is 5.69 Å². The lowest BCUT2D eigenvalue weighted by atomic mass is 9.86. The summed E-state index contributed by atoms with van der Waals surface area (Å²) in [4.78, 5) is 16.1. The van der Waals surface area contributed by atoms with E-state index in [9.17, 15) is 9.90 Å². The average Bonchev–Trinajstić information content (AvgIpc) is 2.79. The highest BCUT2D eigenvalue weighted by Crippen LogP contribution is 2.35. The molecule has 2 aliphatic rings. The SMILES string of the molecule is O=C(O)c1c(C2CCCCC2)nc2n1CCCN2. The topological polar surface area (TPSA) is 67.1 Å². The number of hydrogen-bond donors (Lipinski definition) is 2. The molecule has 0 unspecified atom stereocenters. The molecule has 1 saturated carbocycles. The number of nitrogens with one attached hydrogen (secondary N) is 1. The van der Waals surface area contributed by atoms with Gasteiger partial charge in [-0.2, -0.15) is 0 Å². The van der Waals surface area contributed by atoms with Crippen LogP contribution in [0.3, 0.4) is 0 Å². The summed E-state index contributed by atoms with van der Waals surface area (Å²) in [5.74, 6) is 0.252. The fourth-order valence-electron chi connectivity index (χ4n) is 3.15. The molecule has 0 bridgehead atoms. The number of nitrogens with zero attached hydrogens (tertiary/aromatic N) is 2. The zero-order chi connectivity index (χ0) is 12.5. The van der Waals surface area contributed by atoms with Crippen LogP contribution in [0.25, 0.3) is 0 Å². The molecule has 0 radical (unpaired) electrons. The highest BCUT2D eigenvalue weighted by Gasteiger charge is 2.29. The van der Waals surface area contributed by atoms with E-state index in [4.69, 9.17) is 0 Å². The quantitative estimate of drug-likeness (QED) is 0.844. The Kier molecular flexibility index (Phi) is 2.97. The Morgan fingerprint density at radius 3 is 2.78 bits per heavy atom. The first-order valence-electron chi connectivity index (χ1n) is 6.85. The predicted octanol–water partition coefficient (Wildman–Crippen LogP) is 2.44. The third-order valence-corrected chi connectivity index (χ3v) is 4.03. The molecule has 18 heavy (non-hydrogen) atoms. The van der Waals surface area contributed by atoms with Gasteiger partial charge in [-0.1, -0.05) is 19.3 Å². The normalized spacial score (nSPS) is 20.2. The Hall–Kier alpha value is -1.52. The molecule has 2 N–H and O–H groups in total. The molecular formula is C13H19N3O2. The van der Waals surface area contributed by atoms with Gasteiger partial charge < -0.3 is 15.0 Å². The first-order chi connectivity index (χ1) is 8.77. The Bertz CT molecular complexity index is 461. The van der Waals surface area contributed by atoms with Gasteiger partial charge in [0, 0.05) is 19.0 Å². The summed E-state index contributed by atoms with van der Waals surface area (Å²) in [6.45, 7) is 1.66. The summed E-state index contributed by atoms with van der Waals surface area (Å²) in [5.41, 5.74) is 1.23. The van der Waals surface area contributed by atoms with Crippen molar-refractivity contribution in [3.05, 3.63) is 11.4 Å². The molecule has 1 aromatic heterocycles. The molecule has 1 fully saturated rings. The standard InChI is InChI=1S/C13H19N3O2/c17-12(18)11-10(9-5-2-1-3-6-9)15-13-14-7-4-8-16(11)13/h9H,1-8H2,(H,14,15)(H,17,18). The molecule has 1 aromatic rings. The van der Waals surface area contributed by atoms with E-state index in [0.717, 1.165) is 44.0 Å². The smallest absolute Gasteiger partial charge is 0.354 e. The lowest BCUT2D eigenvalue weighted by molar-refractivity contribution is 0.0682. The number of aromatic carboxylic acids is 1. The summed E-state index contributed by atoms with van der Waals surface area (Å²) in [6, 6.07) is 0. The van der Waals surface area contributed by atoms with Gasteiger partial charge in [-0.05, 0) is 19.3 Å². The third kappa shape index (κ3) is 1.87. The minimum Gasteiger partial charge on any atom is -0.477 e. The van der Waals surface area contributed by atoms with E-state index >= 15 is 0 Å². The van der Waals surface area contributed by atoms with Crippen LogP contribution in [0, 0.1) is 0 Å². The predicted molar refractivity (Wildman–Crippen MR) is 68.1 cm³/mol.